The van der Waals surface area contributed by atoms with Crippen LogP contribution in [0.25, 0.3) is 0 Å². The molecule has 4 heteroatoms. The van der Waals surface area contributed by atoms with Crippen LogP contribution in [0.3, 0.4) is 0 Å². The van der Waals surface area contributed by atoms with Gasteiger partial charge in [-0.3, -0.25) is 4.79 Å². The lowest BCUT2D eigenvalue weighted by Crippen LogP contribution is -2.08. The molecular formula is C17H18O4. The lowest BCUT2D eigenvalue weighted by molar-refractivity contribution is -0.137. The zero-order valence-corrected chi connectivity index (χ0v) is 12.1. The maximum absolute atomic E-state index is 11.2. The molecular weight excluding hydrogens is 268 g/mol. The number of ether oxygens (including phenoxy) is 2. The fourth-order valence-electron chi connectivity index (χ4n) is 2.32. The van der Waals surface area contributed by atoms with Gasteiger partial charge in [-0.05, 0) is 35.4 Å². The van der Waals surface area contributed by atoms with Gasteiger partial charge in [-0.25, -0.2) is 0 Å². The number of hydrogen-bond donors (Lipinski definition) is 1. The number of methoxy groups -OCH3 is 2. The molecule has 0 aliphatic carbocycles. The highest BCUT2D eigenvalue weighted by Gasteiger charge is 2.19. The lowest BCUT2D eigenvalue weighted by Gasteiger charge is -2.17. The smallest absolute Gasteiger partial charge is 0.304 e. The molecule has 0 aromatic heterocycles. The highest BCUT2D eigenvalue weighted by atomic mass is 16.5. The van der Waals surface area contributed by atoms with E-state index < -0.39 is 5.97 Å². The fraction of sp³-hybridized carbons (Fsp3) is 0.235. The van der Waals surface area contributed by atoms with E-state index in [0.29, 0.717) is 11.5 Å². The van der Waals surface area contributed by atoms with Gasteiger partial charge in [0.2, 0.25) is 0 Å². The Labute approximate surface area is 123 Å². The summed E-state index contributed by atoms with van der Waals surface area (Å²) in [5.41, 5.74) is 1.81. The predicted molar refractivity (Wildman–Crippen MR) is 80.1 cm³/mol. The molecule has 0 fully saturated rings. The van der Waals surface area contributed by atoms with Gasteiger partial charge in [-0.2, -0.15) is 0 Å². The van der Waals surface area contributed by atoms with Crippen molar-refractivity contribution in [2.75, 3.05) is 14.2 Å². The molecule has 0 saturated heterocycles. The number of carboxylic acid groups (broad SMARTS) is 1. The van der Waals surface area contributed by atoms with Crippen molar-refractivity contribution in [3.63, 3.8) is 0 Å². The fourth-order valence-corrected chi connectivity index (χ4v) is 2.32. The van der Waals surface area contributed by atoms with E-state index in [9.17, 15) is 9.90 Å². The van der Waals surface area contributed by atoms with Crippen molar-refractivity contribution in [1.29, 1.82) is 0 Å². The summed E-state index contributed by atoms with van der Waals surface area (Å²) in [5, 5.41) is 9.20. The first-order valence-electron chi connectivity index (χ1n) is 6.63. The van der Waals surface area contributed by atoms with Gasteiger partial charge in [0.05, 0.1) is 20.6 Å². The highest BCUT2D eigenvalue weighted by molar-refractivity contribution is 5.69. The summed E-state index contributed by atoms with van der Waals surface area (Å²) in [6.45, 7) is 0. The summed E-state index contributed by atoms with van der Waals surface area (Å²) in [7, 11) is 3.19. The van der Waals surface area contributed by atoms with Gasteiger partial charge in [0.1, 0.15) is 11.5 Å². The summed E-state index contributed by atoms with van der Waals surface area (Å²) >= 11 is 0. The van der Waals surface area contributed by atoms with Crippen molar-refractivity contribution in [2.24, 2.45) is 0 Å². The van der Waals surface area contributed by atoms with E-state index >= 15 is 0 Å². The quantitative estimate of drug-likeness (QED) is 0.885. The normalized spacial score (nSPS) is 10.4. The van der Waals surface area contributed by atoms with Crippen molar-refractivity contribution < 1.29 is 19.4 Å². The molecule has 0 atom stereocenters. The van der Waals surface area contributed by atoms with E-state index in [1.165, 1.54) is 0 Å². The molecule has 0 spiro atoms. The molecule has 2 aromatic rings. The van der Waals surface area contributed by atoms with Crippen LogP contribution in [0.5, 0.6) is 11.5 Å². The van der Waals surface area contributed by atoms with Crippen LogP contribution in [-0.4, -0.2) is 25.3 Å². The predicted octanol–water partition coefficient (Wildman–Crippen LogP) is 3.31. The summed E-state index contributed by atoms with van der Waals surface area (Å²) in [4.78, 5) is 11.2. The largest absolute Gasteiger partial charge is 0.497 e. The number of carbonyl (C=O) groups is 1. The minimum absolute atomic E-state index is 0.0142. The molecule has 1 N–H and O–H groups in total. The Morgan fingerprint density at radius 1 is 1.00 bits per heavy atom. The van der Waals surface area contributed by atoms with E-state index in [0.717, 1.165) is 11.1 Å². The first-order valence-corrected chi connectivity index (χ1v) is 6.63. The second kappa shape index (κ2) is 6.79. The van der Waals surface area contributed by atoms with E-state index in [1.54, 1.807) is 14.2 Å². The van der Waals surface area contributed by atoms with Gasteiger partial charge < -0.3 is 14.6 Å². The van der Waals surface area contributed by atoms with Crippen LogP contribution >= 0.6 is 0 Å². The van der Waals surface area contributed by atoms with Crippen molar-refractivity contribution in [2.45, 2.75) is 12.3 Å². The molecule has 0 saturated carbocycles. The topological polar surface area (TPSA) is 55.8 Å². The van der Waals surface area contributed by atoms with Crippen LogP contribution in [0.15, 0.2) is 48.5 Å². The Kier molecular flexibility index (Phi) is 4.82. The van der Waals surface area contributed by atoms with E-state index in [-0.39, 0.29) is 12.3 Å². The second-order valence-electron chi connectivity index (χ2n) is 4.70. The van der Waals surface area contributed by atoms with Gasteiger partial charge >= 0.3 is 5.97 Å². The van der Waals surface area contributed by atoms with Gasteiger partial charge in [-0.1, -0.05) is 24.3 Å². The maximum Gasteiger partial charge on any atom is 0.304 e. The van der Waals surface area contributed by atoms with Crippen LogP contribution in [0.1, 0.15) is 23.5 Å². The molecule has 0 amide bonds. The Hall–Kier alpha value is -2.49. The van der Waals surface area contributed by atoms with Gasteiger partial charge in [-0.15, -0.1) is 0 Å². The van der Waals surface area contributed by atoms with Crippen molar-refractivity contribution in [1.82, 2.24) is 0 Å². The van der Waals surface area contributed by atoms with Crippen LogP contribution in [0.4, 0.5) is 0 Å². The van der Waals surface area contributed by atoms with Crippen LogP contribution < -0.4 is 9.47 Å². The summed E-state index contributed by atoms with van der Waals surface area (Å²) in [6.07, 6.45) is 0.0142. The third-order valence-corrected chi connectivity index (χ3v) is 3.37. The molecule has 0 aliphatic rings. The Bertz CT molecular complexity index is 574. The molecule has 110 valence electrons. The number of rotatable bonds is 6. The summed E-state index contributed by atoms with van der Waals surface area (Å²) in [5.74, 6) is 0.343. The number of benzene rings is 2. The van der Waals surface area contributed by atoms with Gasteiger partial charge in [0, 0.05) is 5.92 Å². The molecule has 0 unspecified atom stereocenters. The molecule has 0 aliphatic heterocycles. The number of hydrogen-bond acceptors (Lipinski definition) is 3. The zero-order chi connectivity index (χ0) is 15.2. The first kappa shape index (κ1) is 14.9. The van der Waals surface area contributed by atoms with Crippen LogP contribution in [-0.2, 0) is 4.79 Å². The van der Waals surface area contributed by atoms with Crippen molar-refractivity contribution in [3.05, 3.63) is 59.7 Å². The van der Waals surface area contributed by atoms with Crippen LogP contribution in [0.2, 0.25) is 0 Å². The Morgan fingerprint density at radius 3 is 1.86 bits per heavy atom. The summed E-state index contributed by atoms with van der Waals surface area (Å²) in [6, 6.07) is 15.0. The van der Waals surface area contributed by atoms with E-state index in [1.807, 2.05) is 48.5 Å². The van der Waals surface area contributed by atoms with E-state index in [4.69, 9.17) is 9.47 Å². The number of aliphatic carboxylic acids is 1. The standard InChI is InChI=1S/C17H18O4/c1-20-14-7-3-5-12(9-14)16(11-17(18)19)13-6-4-8-15(10-13)21-2/h3-10,16H,11H2,1-2H3,(H,18,19). The minimum Gasteiger partial charge on any atom is -0.497 e. The van der Waals surface area contributed by atoms with Gasteiger partial charge in [0.15, 0.2) is 0 Å². The zero-order valence-electron chi connectivity index (χ0n) is 12.1. The third kappa shape index (κ3) is 3.75. The SMILES string of the molecule is COc1cccc(C(CC(=O)O)c2cccc(OC)c2)c1. The molecule has 0 radical (unpaired) electrons. The minimum atomic E-state index is -0.842. The van der Waals surface area contributed by atoms with Crippen molar-refractivity contribution in [3.8, 4) is 11.5 Å². The Morgan fingerprint density at radius 2 is 1.48 bits per heavy atom. The summed E-state index contributed by atoms with van der Waals surface area (Å²) < 4.78 is 10.4. The first-order chi connectivity index (χ1) is 10.1. The average Bonchev–Trinajstić information content (AvgIpc) is 2.52. The number of carboxylic acids is 1. The molecule has 4 nitrogen and oxygen atoms in total. The molecule has 21 heavy (non-hydrogen) atoms. The monoisotopic (exact) mass is 286 g/mol. The third-order valence-electron chi connectivity index (χ3n) is 3.37. The molecule has 2 aromatic carbocycles. The van der Waals surface area contributed by atoms with E-state index in [2.05, 4.69) is 0 Å². The lowest BCUT2D eigenvalue weighted by atomic mass is 9.88. The average molecular weight is 286 g/mol. The highest BCUT2D eigenvalue weighted by Crippen LogP contribution is 2.31. The maximum atomic E-state index is 11.2. The van der Waals surface area contributed by atoms with Crippen LogP contribution in [0, 0.1) is 0 Å². The Balaban J connectivity index is 2.43. The molecule has 0 heterocycles. The van der Waals surface area contributed by atoms with Gasteiger partial charge in [0.25, 0.3) is 0 Å². The second-order valence-corrected chi connectivity index (χ2v) is 4.70. The molecule has 0 bridgehead atoms. The molecule has 2 rings (SSSR count). The van der Waals surface area contributed by atoms with Crippen molar-refractivity contribution >= 4 is 5.97 Å².